The van der Waals surface area contributed by atoms with Crippen molar-refractivity contribution in [3.05, 3.63) is 11.6 Å². The van der Waals surface area contributed by atoms with Crippen LogP contribution >= 0.6 is 0 Å². The van der Waals surface area contributed by atoms with Gasteiger partial charge in [0.15, 0.2) is 0 Å². The highest BCUT2D eigenvalue weighted by Gasteiger charge is 2.72. The van der Waals surface area contributed by atoms with Crippen molar-refractivity contribution in [2.45, 2.75) is 95.4 Å². The van der Waals surface area contributed by atoms with Gasteiger partial charge in [-0.15, -0.1) is 0 Å². The van der Waals surface area contributed by atoms with E-state index in [2.05, 4.69) is 45.6 Å². The van der Waals surface area contributed by atoms with Crippen LogP contribution in [0.4, 0.5) is 4.79 Å². The fraction of sp³-hybridized carbons (Fsp3) is 0.885. The summed E-state index contributed by atoms with van der Waals surface area (Å²) in [6, 6.07) is 0. The molecule has 0 bridgehead atoms. The number of amides is 1. The third-order valence-corrected chi connectivity index (χ3v) is 8.51. The van der Waals surface area contributed by atoms with Gasteiger partial charge in [0.05, 0.1) is 31.7 Å². The maximum absolute atomic E-state index is 12.9. The lowest BCUT2D eigenvalue weighted by molar-refractivity contribution is -0.138. The molecule has 1 spiro atoms. The van der Waals surface area contributed by atoms with Crippen molar-refractivity contribution >= 4 is 6.09 Å². The standard InChI is InChI=1S/C26H44N2O6/c1-7-27(8-2)14-13-25(30)15-28(16-25)23(29)33-19-11-12-26(17-32-26)22(21(19)31-6)24(5)20(34-24)10-9-18(3)4/h9,19-22,30H,7-8,10-17H2,1-6H3/t19-,20-,21-,22-,24+,26+/m1/s1. The van der Waals surface area contributed by atoms with Gasteiger partial charge in [-0.1, -0.05) is 25.5 Å². The molecule has 3 saturated heterocycles. The molecule has 34 heavy (non-hydrogen) atoms. The smallest absolute Gasteiger partial charge is 0.410 e. The van der Waals surface area contributed by atoms with Crippen LogP contribution in [-0.4, -0.2) is 103 Å². The molecule has 1 N–H and O–H groups in total. The average molecular weight is 481 g/mol. The van der Waals surface area contributed by atoms with Gasteiger partial charge in [-0.25, -0.2) is 4.79 Å². The monoisotopic (exact) mass is 480 g/mol. The van der Waals surface area contributed by atoms with Crippen LogP contribution in [0.3, 0.4) is 0 Å². The second kappa shape index (κ2) is 9.69. The van der Waals surface area contributed by atoms with E-state index in [9.17, 15) is 9.90 Å². The number of hydrogen-bond donors (Lipinski definition) is 1. The van der Waals surface area contributed by atoms with Crippen molar-refractivity contribution in [3.63, 3.8) is 0 Å². The number of β-amino-alcohol motifs (C(OH)–C–C–N with tert-alkyl or cyclic N) is 1. The molecule has 0 aromatic rings. The summed E-state index contributed by atoms with van der Waals surface area (Å²) in [6.07, 6.45) is 4.39. The van der Waals surface area contributed by atoms with Gasteiger partial charge in [0.1, 0.15) is 29.0 Å². The highest BCUT2D eigenvalue weighted by molar-refractivity contribution is 5.69. The maximum Gasteiger partial charge on any atom is 0.410 e. The zero-order chi connectivity index (χ0) is 24.7. The molecule has 1 amide bonds. The van der Waals surface area contributed by atoms with Crippen molar-refractivity contribution in [1.82, 2.24) is 9.80 Å². The number of epoxide rings is 2. The summed E-state index contributed by atoms with van der Waals surface area (Å²) in [6.45, 7) is 14.7. The Bertz CT molecular complexity index is 769. The number of methoxy groups -OCH3 is 1. The zero-order valence-corrected chi connectivity index (χ0v) is 21.8. The molecule has 4 aliphatic rings. The number of allylic oxidation sites excluding steroid dienone is 1. The van der Waals surface area contributed by atoms with Crippen molar-refractivity contribution in [3.8, 4) is 0 Å². The molecule has 1 saturated carbocycles. The molecule has 3 aliphatic heterocycles. The van der Waals surface area contributed by atoms with Crippen molar-refractivity contribution < 1.29 is 28.8 Å². The number of carbonyl (C=O) groups is 1. The molecule has 0 unspecified atom stereocenters. The van der Waals surface area contributed by atoms with Crippen LogP contribution in [0.25, 0.3) is 0 Å². The summed E-state index contributed by atoms with van der Waals surface area (Å²) in [4.78, 5) is 16.8. The summed E-state index contributed by atoms with van der Waals surface area (Å²) in [5.74, 6) is 0.00880. The van der Waals surface area contributed by atoms with Crippen LogP contribution in [0, 0.1) is 5.92 Å². The van der Waals surface area contributed by atoms with Gasteiger partial charge in [0.25, 0.3) is 0 Å². The molecule has 0 aromatic heterocycles. The molecule has 1 aliphatic carbocycles. The lowest BCUT2D eigenvalue weighted by atomic mass is 9.68. The molecule has 0 aromatic carbocycles. The summed E-state index contributed by atoms with van der Waals surface area (Å²) >= 11 is 0. The van der Waals surface area contributed by atoms with Crippen LogP contribution < -0.4 is 0 Å². The third-order valence-electron chi connectivity index (χ3n) is 8.51. The van der Waals surface area contributed by atoms with E-state index in [4.69, 9.17) is 18.9 Å². The number of ether oxygens (including phenoxy) is 4. The Kier molecular flexibility index (Phi) is 7.38. The molecule has 194 valence electrons. The quantitative estimate of drug-likeness (QED) is 0.380. The van der Waals surface area contributed by atoms with Gasteiger partial charge in [-0.05, 0) is 59.5 Å². The molecular formula is C26H44N2O6. The minimum atomic E-state index is -0.823. The van der Waals surface area contributed by atoms with E-state index in [0.717, 1.165) is 32.5 Å². The number of aliphatic hydroxyl groups is 1. The van der Waals surface area contributed by atoms with Gasteiger partial charge in [0, 0.05) is 13.7 Å². The second-order valence-electron chi connectivity index (χ2n) is 11.2. The first-order valence-electron chi connectivity index (χ1n) is 13.0. The van der Waals surface area contributed by atoms with Crippen molar-refractivity contribution in [2.75, 3.05) is 46.4 Å². The SMILES string of the molecule is CCN(CC)CCC1(O)CN(C(=O)O[C@@H]2CC[C@]3(CO3)[C@@H]([C@@]3(C)O[C@@H]3CC=C(C)C)[C@@H]2OC)C1. The van der Waals surface area contributed by atoms with E-state index in [1.807, 2.05) is 0 Å². The van der Waals surface area contributed by atoms with E-state index < -0.39 is 5.60 Å². The Hall–Kier alpha value is -1.19. The third kappa shape index (κ3) is 5.03. The fourth-order valence-corrected chi connectivity index (χ4v) is 6.13. The van der Waals surface area contributed by atoms with Crippen LogP contribution in [-0.2, 0) is 18.9 Å². The van der Waals surface area contributed by atoms with E-state index >= 15 is 0 Å². The normalized spacial score (nSPS) is 37.9. The first-order chi connectivity index (χ1) is 16.1. The Labute approximate surface area is 204 Å². The van der Waals surface area contributed by atoms with E-state index in [1.54, 1.807) is 12.0 Å². The summed E-state index contributed by atoms with van der Waals surface area (Å²) < 4.78 is 24.2. The van der Waals surface area contributed by atoms with Gasteiger partial charge in [0.2, 0.25) is 0 Å². The minimum Gasteiger partial charge on any atom is -0.443 e. The fourth-order valence-electron chi connectivity index (χ4n) is 6.13. The molecule has 4 fully saturated rings. The maximum atomic E-state index is 12.9. The molecule has 0 radical (unpaired) electrons. The topological polar surface area (TPSA) is 87.3 Å². The Morgan fingerprint density at radius 2 is 1.94 bits per heavy atom. The van der Waals surface area contributed by atoms with Gasteiger partial charge >= 0.3 is 6.09 Å². The summed E-state index contributed by atoms with van der Waals surface area (Å²) in [7, 11) is 1.69. The van der Waals surface area contributed by atoms with Crippen molar-refractivity contribution in [1.29, 1.82) is 0 Å². The molecule has 8 heteroatoms. The van der Waals surface area contributed by atoms with E-state index in [1.165, 1.54) is 5.57 Å². The largest absolute Gasteiger partial charge is 0.443 e. The zero-order valence-electron chi connectivity index (χ0n) is 21.8. The molecule has 4 rings (SSSR count). The summed E-state index contributed by atoms with van der Waals surface area (Å²) in [5, 5.41) is 10.8. The minimum absolute atomic E-state index is 0.00880. The predicted octanol–water partition coefficient (Wildman–Crippen LogP) is 2.98. The van der Waals surface area contributed by atoms with Crippen LogP contribution in [0.5, 0.6) is 0 Å². The van der Waals surface area contributed by atoms with Crippen LogP contribution in [0.1, 0.15) is 60.3 Å². The van der Waals surface area contributed by atoms with E-state index in [-0.39, 0.29) is 41.5 Å². The van der Waals surface area contributed by atoms with Crippen LogP contribution in [0.15, 0.2) is 11.6 Å². The summed E-state index contributed by atoms with van der Waals surface area (Å²) in [5.41, 5.74) is -0.133. The Morgan fingerprint density at radius 3 is 2.50 bits per heavy atom. The predicted molar refractivity (Wildman–Crippen MR) is 129 cm³/mol. The van der Waals surface area contributed by atoms with Gasteiger partial charge in [-0.2, -0.15) is 0 Å². The molecular weight excluding hydrogens is 436 g/mol. The highest BCUT2D eigenvalue weighted by atomic mass is 16.6. The molecule has 6 atom stereocenters. The Balaban J connectivity index is 1.35. The highest BCUT2D eigenvalue weighted by Crippen LogP contribution is 2.59. The molecule has 3 heterocycles. The first kappa shape index (κ1) is 25.9. The second-order valence-corrected chi connectivity index (χ2v) is 11.2. The molecule has 8 nitrogen and oxygen atoms in total. The van der Waals surface area contributed by atoms with E-state index in [0.29, 0.717) is 32.5 Å². The van der Waals surface area contributed by atoms with Crippen molar-refractivity contribution in [2.24, 2.45) is 5.92 Å². The van der Waals surface area contributed by atoms with Gasteiger partial charge in [-0.3, -0.25) is 0 Å². The average Bonchev–Trinajstić information content (AvgIpc) is 3.69. The number of rotatable bonds is 10. The lowest BCUT2D eigenvalue weighted by Crippen LogP contribution is -2.65. The number of nitrogens with zero attached hydrogens (tertiary/aromatic N) is 2. The Morgan fingerprint density at radius 1 is 1.26 bits per heavy atom. The first-order valence-corrected chi connectivity index (χ1v) is 13.0. The van der Waals surface area contributed by atoms with Crippen LogP contribution in [0.2, 0.25) is 0 Å². The van der Waals surface area contributed by atoms with Gasteiger partial charge < -0.3 is 33.9 Å². The number of carbonyl (C=O) groups excluding carboxylic acids is 1. The lowest BCUT2D eigenvalue weighted by Gasteiger charge is -2.48. The number of hydrogen-bond acceptors (Lipinski definition) is 7. The number of likely N-dealkylation sites (tertiary alicyclic amines) is 1.